The summed E-state index contributed by atoms with van der Waals surface area (Å²) in [6, 6.07) is 8.67. The van der Waals surface area contributed by atoms with Crippen LogP contribution in [0, 0.1) is 6.92 Å². The number of rotatable bonds is 6. The van der Waals surface area contributed by atoms with E-state index in [9.17, 15) is 0 Å². The van der Waals surface area contributed by atoms with E-state index in [1.54, 1.807) is 0 Å². The van der Waals surface area contributed by atoms with E-state index in [1.807, 2.05) is 7.05 Å². The van der Waals surface area contributed by atoms with Crippen LogP contribution in [0.25, 0.3) is 0 Å². The number of benzene rings is 1. The molecule has 0 aliphatic heterocycles. The van der Waals surface area contributed by atoms with Crippen molar-refractivity contribution in [2.75, 3.05) is 27.2 Å². The molecule has 0 heterocycles. The first-order valence-electron chi connectivity index (χ1n) is 7.14. The van der Waals surface area contributed by atoms with Crippen LogP contribution in [0.5, 0.6) is 0 Å². The van der Waals surface area contributed by atoms with Gasteiger partial charge in [0.05, 0.1) is 0 Å². The highest BCUT2D eigenvalue weighted by Crippen LogP contribution is 2.04. The molecule has 4 heteroatoms. The summed E-state index contributed by atoms with van der Waals surface area (Å²) in [6.45, 7) is 6.32. The van der Waals surface area contributed by atoms with Gasteiger partial charge in [-0.05, 0) is 25.3 Å². The number of unbranched alkanes of at least 4 members (excludes halogenated alkanes) is 1. The Bertz CT molecular complexity index is 404. The van der Waals surface area contributed by atoms with Gasteiger partial charge in [0.1, 0.15) is 0 Å². The van der Waals surface area contributed by atoms with E-state index in [0.29, 0.717) is 0 Å². The van der Waals surface area contributed by atoms with E-state index >= 15 is 0 Å². The molecular weight excluding hydrogens is 361 g/mol. The molecule has 0 spiro atoms. The zero-order valence-electron chi connectivity index (χ0n) is 13.1. The van der Waals surface area contributed by atoms with Gasteiger partial charge in [0, 0.05) is 27.2 Å². The van der Waals surface area contributed by atoms with Crippen molar-refractivity contribution in [3.05, 3.63) is 35.4 Å². The maximum absolute atomic E-state index is 4.32. The van der Waals surface area contributed by atoms with Gasteiger partial charge < -0.3 is 10.2 Å². The maximum atomic E-state index is 4.32. The van der Waals surface area contributed by atoms with Gasteiger partial charge in [-0.25, -0.2) is 0 Å². The second-order valence-electron chi connectivity index (χ2n) is 4.99. The second kappa shape index (κ2) is 10.9. The molecule has 0 aromatic heterocycles. The molecule has 20 heavy (non-hydrogen) atoms. The van der Waals surface area contributed by atoms with E-state index in [-0.39, 0.29) is 24.0 Å². The first-order chi connectivity index (χ1) is 9.17. The molecule has 0 saturated carbocycles. The van der Waals surface area contributed by atoms with Crippen LogP contribution in [0.2, 0.25) is 0 Å². The molecule has 0 saturated heterocycles. The van der Waals surface area contributed by atoms with Gasteiger partial charge in [0.25, 0.3) is 0 Å². The van der Waals surface area contributed by atoms with Crippen LogP contribution in [-0.4, -0.2) is 38.0 Å². The SMILES string of the molecule is CCCCN(C)C(=NC)NCCc1cccc(C)c1.I. The lowest BCUT2D eigenvalue weighted by Crippen LogP contribution is -2.40. The molecule has 0 atom stereocenters. The van der Waals surface area contributed by atoms with Crippen molar-refractivity contribution < 1.29 is 0 Å². The Kier molecular flexibility index (Phi) is 10.5. The molecule has 0 fully saturated rings. The number of hydrogen-bond acceptors (Lipinski definition) is 1. The maximum Gasteiger partial charge on any atom is 0.193 e. The highest BCUT2D eigenvalue weighted by atomic mass is 127. The van der Waals surface area contributed by atoms with Crippen LogP contribution < -0.4 is 5.32 Å². The first-order valence-corrected chi connectivity index (χ1v) is 7.14. The largest absolute Gasteiger partial charge is 0.356 e. The van der Waals surface area contributed by atoms with Gasteiger partial charge in [-0.3, -0.25) is 4.99 Å². The van der Waals surface area contributed by atoms with E-state index in [0.717, 1.165) is 25.5 Å². The summed E-state index contributed by atoms with van der Waals surface area (Å²) in [6.07, 6.45) is 3.45. The minimum Gasteiger partial charge on any atom is -0.356 e. The average molecular weight is 389 g/mol. The van der Waals surface area contributed by atoms with Crippen molar-refractivity contribution in [3.8, 4) is 0 Å². The number of aryl methyl sites for hydroxylation is 1. The Hall–Kier alpha value is -0.780. The Morgan fingerprint density at radius 1 is 1.35 bits per heavy atom. The Labute approximate surface area is 140 Å². The van der Waals surface area contributed by atoms with Crippen LogP contribution in [0.15, 0.2) is 29.3 Å². The zero-order chi connectivity index (χ0) is 14.1. The van der Waals surface area contributed by atoms with E-state index < -0.39 is 0 Å². The quantitative estimate of drug-likeness (QED) is 0.459. The van der Waals surface area contributed by atoms with E-state index in [2.05, 4.69) is 60.4 Å². The van der Waals surface area contributed by atoms with Gasteiger partial charge >= 0.3 is 0 Å². The number of halogens is 1. The highest BCUT2D eigenvalue weighted by molar-refractivity contribution is 14.0. The van der Waals surface area contributed by atoms with Crippen molar-refractivity contribution >= 4 is 29.9 Å². The van der Waals surface area contributed by atoms with Crippen LogP contribution in [0.1, 0.15) is 30.9 Å². The molecule has 114 valence electrons. The topological polar surface area (TPSA) is 27.6 Å². The minimum atomic E-state index is 0. The third kappa shape index (κ3) is 7.12. The van der Waals surface area contributed by atoms with Crippen molar-refractivity contribution in [2.45, 2.75) is 33.1 Å². The van der Waals surface area contributed by atoms with Gasteiger partial charge in [0.15, 0.2) is 5.96 Å². The summed E-state index contributed by atoms with van der Waals surface area (Å²) in [5.74, 6) is 0.987. The fourth-order valence-corrected chi connectivity index (χ4v) is 2.07. The molecule has 1 rings (SSSR count). The molecule has 0 aliphatic carbocycles. The zero-order valence-corrected chi connectivity index (χ0v) is 15.5. The minimum absolute atomic E-state index is 0. The summed E-state index contributed by atoms with van der Waals surface area (Å²) in [5.41, 5.74) is 2.70. The van der Waals surface area contributed by atoms with Crippen molar-refractivity contribution in [3.63, 3.8) is 0 Å². The standard InChI is InChI=1S/C16H27N3.HI/c1-5-6-12-19(4)16(17-3)18-11-10-15-9-7-8-14(2)13-15;/h7-9,13H,5-6,10-12H2,1-4H3,(H,17,18);1H. The molecule has 0 unspecified atom stereocenters. The molecule has 0 amide bonds. The van der Waals surface area contributed by atoms with Crippen molar-refractivity contribution in [1.29, 1.82) is 0 Å². The molecular formula is C16H28IN3. The van der Waals surface area contributed by atoms with Gasteiger partial charge in [-0.2, -0.15) is 0 Å². The fourth-order valence-electron chi connectivity index (χ4n) is 2.07. The number of hydrogen-bond donors (Lipinski definition) is 1. The van der Waals surface area contributed by atoms with Crippen LogP contribution >= 0.6 is 24.0 Å². The molecule has 1 aromatic rings. The van der Waals surface area contributed by atoms with Crippen LogP contribution in [-0.2, 0) is 6.42 Å². The summed E-state index contributed by atoms with van der Waals surface area (Å²) >= 11 is 0. The molecule has 0 bridgehead atoms. The van der Waals surface area contributed by atoms with E-state index in [1.165, 1.54) is 24.0 Å². The normalized spacial score (nSPS) is 10.9. The summed E-state index contributed by atoms with van der Waals surface area (Å²) < 4.78 is 0. The number of aliphatic imine (C=N–C) groups is 1. The summed E-state index contributed by atoms with van der Waals surface area (Å²) in [7, 11) is 3.94. The Morgan fingerprint density at radius 2 is 2.10 bits per heavy atom. The third-order valence-corrected chi connectivity index (χ3v) is 3.20. The molecule has 3 nitrogen and oxygen atoms in total. The van der Waals surface area contributed by atoms with Gasteiger partial charge in [-0.1, -0.05) is 43.2 Å². The first kappa shape index (κ1) is 19.2. The molecule has 1 N–H and O–H groups in total. The van der Waals surface area contributed by atoms with Crippen molar-refractivity contribution in [1.82, 2.24) is 10.2 Å². The van der Waals surface area contributed by atoms with Gasteiger partial charge in [0.2, 0.25) is 0 Å². The van der Waals surface area contributed by atoms with Crippen molar-refractivity contribution in [2.24, 2.45) is 4.99 Å². The third-order valence-electron chi connectivity index (χ3n) is 3.20. The Balaban J connectivity index is 0.00000361. The van der Waals surface area contributed by atoms with E-state index in [4.69, 9.17) is 0 Å². The smallest absolute Gasteiger partial charge is 0.193 e. The number of guanidine groups is 1. The summed E-state index contributed by atoms with van der Waals surface area (Å²) in [4.78, 5) is 6.52. The second-order valence-corrected chi connectivity index (χ2v) is 4.99. The number of nitrogens with one attached hydrogen (secondary N) is 1. The molecule has 1 aromatic carbocycles. The lowest BCUT2D eigenvalue weighted by atomic mass is 10.1. The lowest BCUT2D eigenvalue weighted by molar-refractivity contribution is 0.465. The highest BCUT2D eigenvalue weighted by Gasteiger charge is 2.04. The lowest BCUT2D eigenvalue weighted by Gasteiger charge is -2.21. The van der Waals surface area contributed by atoms with Crippen LogP contribution in [0.4, 0.5) is 0 Å². The predicted molar refractivity (Wildman–Crippen MR) is 99.2 cm³/mol. The molecule has 0 radical (unpaired) electrons. The summed E-state index contributed by atoms with van der Waals surface area (Å²) in [5, 5.41) is 3.42. The number of nitrogens with zero attached hydrogens (tertiary/aromatic N) is 2. The predicted octanol–water partition coefficient (Wildman–Crippen LogP) is 3.46. The fraction of sp³-hybridized carbons (Fsp3) is 0.562. The van der Waals surface area contributed by atoms with Gasteiger partial charge in [-0.15, -0.1) is 24.0 Å². The molecule has 0 aliphatic rings. The monoisotopic (exact) mass is 389 g/mol. The van der Waals surface area contributed by atoms with Crippen LogP contribution in [0.3, 0.4) is 0 Å². The Morgan fingerprint density at radius 3 is 2.70 bits per heavy atom. The average Bonchev–Trinajstić information content (AvgIpc) is 2.41.